The van der Waals surface area contributed by atoms with Crippen LogP contribution in [0, 0.1) is 13.8 Å². The fourth-order valence-electron chi connectivity index (χ4n) is 2.36. The summed E-state index contributed by atoms with van der Waals surface area (Å²) in [7, 11) is 1.68. The second-order valence-electron chi connectivity index (χ2n) is 5.08. The predicted octanol–water partition coefficient (Wildman–Crippen LogP) is 3.55. The van der Waals surface area contributed by atoms with Crippen LogP contribution < -0.4 is 10.5 Å². The highest BCUT2D eigenvalue weighted by molar-refractivity contribution is 5.33. The Kier molecular flexibility index (Phi) is 4.23. The summed E-state index contributed by atoms with van der Waals surface area (Å²) < 4.78 is 5.16. The summed E-state index contributed by atoms with van der Waals surface area (Å²) in [5.74, 6) is 0.878. The van der Waals surface area contributed by atoms with E-state index in [2.05, 4.69) is 44.2 Å². The van der Waals surface area contributed by atoms with E-state index < -0.39 is 0 Å². The summed E-state index contributed by atoms with van der Waals surface area (Å²) in [6.07, 6.45) is 0.840. The van der Waals surface area contributed by atoms with Gasteiger partial charge in [-0.15, -0.1) is 0 Å². The van der Waals surface area contributed by atoms with E-state index >= 15 is 0 Å². The van der Waals surface area contributed by atoms with Crippen LogP contribution in [-0.4, -0.2) is 7.11 Å². The van der Waals surface area contributed by atoms with Gasteiger partial charge in [-0.05, 0) is 43.5 Å². The Labute approximate surface area is 115 Å². The monoisotopic (exact) mass is 255 g/mol. The number of hydrogen-bond donors (Lipinski definition) is 1. The third kappa shape index (κ3) is 3.58. The average molecular weight is 255 g/mol. The van der Waals surface area contributed by atoms with Crippen molar-refractivity contribution in [3.63, 3.8) is 0 Å². The summed E-state index contributed by atoms with van der Waals surface area (Å²) in [6.45, 7) is 4.22. The van der Waals surface area contributed by atoms with Crippen molar-refractivity contribution in [2.24, 2.45) is 5.73 Å². The van der Waals surface area contributed by atoms with E-state index in [1.165, 1.54) is 22.3 Å². The molecule has 0 spiro atoms. The molecule has 2 rings (SSSR count). The second-order valence-corrected chi connectivity index (χ2v) is 5.08. The molecule has 0 radical (unpaired) electrons. The van der Waals surface area contributed by atoms with Crippen LogP contribution in [0.4, 0.5) is 0 Å². The zero-order chi connectivity index (χ0) is 13.8. The fraction of sp³-hybridized carbons (Fsp3) is 0.294. The summed E-state index contributed by atoms with van der Waals surface area (Å²) in [5, 5.41) is 0. The maximum atomic E-state index is 6.30. The summed E-state index contributed by atoms with van der Waals surface area (Å²) in [4.78, 5) is 0. The van der Waals surface area contributed by atoms with Crippen molar-refractivity contribution < 1.29 is 4.74 Å². The fourth-order valence-corrected chi connectivity index (χ4v) is 2.36. The van der Waals surface area contributed by atoms with Crippen molar-refractivity contribution in [1.82, 2.24) is 0 Å². The summed E-state index contributed by atoms with van der Waals surface area (Å²) in [6, 6.07) is 14.6. The zero-order valence-corrected chi connectivity index (χ0v) is 11.8. The van der Waals surface area contributed by atoms with E-state index in [0.717, 1.165) is 12.2 Å². The lowest BCUT2D eigenvalue weighted by Gasteiger charge is -2.14. The van der Waals surface area contributed by atoms with E-state index in [-0.39, 0.29) is 6.04 Å². The maximum absolute atomic E-state index is 6.30. The summed E-state index contributed by atoms with van der Waals surface area (Å²) in [5.41, 5.74) is 11.3. The molecule has 2 heteroatoms. The van der Waals surface area contributed by atoms with Gasteiger partial charge in [-0.25, -0.2) is 0 Å². The number of benzene rings is 2. The van der Waals surface area contributed by atoms with Crippen molar-refractivity contribution in [2.45, 2.75) is 26.3 Å². The van der Waals surface area contributed by atoms with Gasteiger partial charge in [-0.1, -0.05) is 41.5 Å². The number of rotatable bonds is 4. The highest BCUT2D eigenvalue weighted by atomic mass is 16.5. The largest absolute Gasteiger partial charge is 0.497 e. The molecule has 0 aliphatic heterocycles. The van der Waals surface area contributed by atoms with E-state index in [1.807, 2.05) is 12.1 Å². The number of ether oxygens (including phenoxy) is 1. The number of hydrogen-bond acceptors (Lipinski definition) is 2. The molecular formula is C17H21NO. The summed E-state index contributed by atoms with van der Waals surface area (Å²) >= 11 is 0. The molecule has 0 saturated carbocycles. The number of nitrogens with two attached hydrogens (primary N) is 1. The molecule has 0 aliphatic carbocycles. The van der Waals surface area contributed by atoms with E-state index in [9.17, 15) is 0 Å². The average Bonchev–Trinajstić information content (AvgIpc) is 2.38. The van der Waals surface area contributed by atoms with Crippen LogP contribution in [0.1, 0.15) is 28.3 Å². The van der Waals surface area contributed by atoms with Crippen LogP contribution in [0.3, 0.4) is 0 Å². The number of aryl methyl sites for hydroxylation is 2. The van der Waals surface area contributed by atoms with Crippen molar-refractivity contribution in [2.75, 3.05) is 7.11 Å². The normalized spacial score (nSPS) is 12.2. The minimum Gasteiger partial charge on any atom is -0.497 e. The molecule has 0 saturated heterocycles. The lowest BCUT2D eigenvalue weighted by molar-refractivity contribution is 0.414. The van der Waals surface area contributed by atoms with Gasteiger partial charge < -0.3 is 10.5 Å². The molecule has 0 aliphatic rings. The predicted molar refractivity (Wildman–Crippen MR) is 79.5 cm³/mol. The Bertz CT molecular complexity index is 525. The lowest BCUT2D eigenvalue weighted by atomic mass is 9.96. The van der Waals surface area contributed by atoms with Crippen LogP contribution in [0.2, 0.25) is 0 Å². The molecule has 100 valence electrons. The van der Waals surface area contributed by atoms with Crippen molar-refractivity contribution in [3.8, 4) is 5.75 Å². The van der Waals surface area contributed by atoms with Crippen LogP contribution in [0.25, 0.3) is 0 Å². The van der Waals surface area contributed by atoms with Crippen LogP contribution in [-0.2, 0) is 6.42 Å². The van der Waals surface area contributed by atoms with Crippen molar-refractivity contribution in [1.29, 1.82) is 0 Å². The molecule has 0 amide bonds. The SMILES string of the molecule is COc1ccc(CC(N)c2cc(C)cc(C)c2)cc1. The molecule has 19 heavy (non-hydrogen) atoms. The first-order chi connectivity index (χ1) is 9.08. The Morgan fingerprint density at radius 1 is 1.00 bits per heavy atom. The molecule has 1 atom stereocenters. The zero-order valence-electron chi connectivity index (χ0n) is 11.8. The first-order valence-corrected chi connectivity index (χ1v) is 6.55. The van der Waals surface area contributed by atoms with Gasteiger partial charge in [0, 0.05) is 6.04 Å². The molecule has 2 aromatic rings. The Morgan fingerprint density at radius 2 is 1.58 bits per heavy atom. The minimum absolute atomic E-state index is 0.0343. The van der Waals surface area contributed by atoms with E-state index in [1.54, 1.807) is 7.11 Å². The maximum Gasteiger partial charge on any atom is 0.118 e. The molecule has 0 aromatic heterocycles. The molecular weight excluding hydrogens is 234 g/mol. The topological polar surface area (TPSA) is 35.2 Å². The van der Waals surface area contributed by atoms with Gasteiger partial charge >= 0.3 is 0 Å². The number of methoxy groups -OCH3 is 1. The highest BCUT2D eigenvalue weighted by Crippen LogP contribution is 2.20. The van der Waals surface area contributed by atoms with Gasteiger partial charge in [-0.2, -0.15) is 0 Å². The van der Waals surface area contributed by atoms with Gasteiger partial charge in [0.1, 0.15) is 5.75 Å². The molecule has 0 fully saturated rings. The third-order valence-corrected chi connectivity index (χ3v) is 3.29. The van der Waals surface area contributed by atoms with Crippen LogP contribution >= 0.6 is 0 Å². The molecule has 2 N–H and O–H groups in total. The van der Waals surface area contributed by atoms with Gasteiger partial charge in [0.25, 0.3) is 0 Å². The highest BCUT2D eigenvalue weighted by Gasteiger charge is 2.08. The molecule has 2 aromatic carbocycles. The van der Waals surface area contributed by atoms with E-state index in [4.69, 9.17) is 10.5 Å². The van der Waals surface area contributed by atoms with Gasteiger partial charge in [-0.3, -0.25) is 0 Å². The van der Waals surface area contributed by atoms with Crippen molar-refractivity contribution >= 4 is 0 Å². The smallest absolute Gasteiger partial charge is 0.118 e. The van der Waals surface area contributed by atoms with Gasteiger partial charge in [0.05, 0.1) is 7.11 Å². The Morgan fingerprint density at radius 3 is 2.11 bits per heavy atom. The molecule has 2 nitrogen and oxygen atoms in total. The quantitative estimate of drug-likeness (QED) is 0.906. The van der Waals surface area contributed by atoms with Gasteiger partial charge in [0.15, 0.2) is 0 Å². The first-order valence-electron chi connectivity index (χ1n) is 6.55. The van der Waals surface area contributed by atoms with Crippen LogP contribution in [0.5, 0.6) is 5.75 Å². The molecule has 1 unspecified atom stereocenters. The Hall–Kier alpha value is -1.80. The molecule has 0 heterocycles. The lowest BCUT2D eigenvalue weighted by Crippen LogP contribution is -2.13. The van der Waals surface area contributed by atoms with Crippen molar-refractivity contribution in [3.05, 3.63) is 64.7 Å². The van der Waals surface area contributed by atoms with Crippen LogP contribution in [0.15, 0.2) is 42.5 Å². The first kappa shape index (κ1) is 13.6. The van der Waals surface area contributed by atoms with Gasteiger partial charge in [0.2, 0.25) is 0 Å². The minimum atomic E-state index is 0.0343. The third-order valence-electron chi connectivity index (χ3n) is 3.29. The molecule has 0 bridgehead atoms. The second kappa shape index (κ2) is 5.89. The Balaban J connectivity index is 2.13. The van der Waals surface area contributed by atoms with E-state index in [0.29, 0.717) is 0 Å². The standard InChI is InChI=1S/C17H21NO/c1-12-8-13(2)10-15(9-12)17(18)11-14-4-6-16(19-3)7-5-14/h4-10,17H,11,18H2,1-3H3.